The summed E-state index contributed by atoms with van der Waals surface area (Å²) in [5.74, 6) is 2.45. The lowest BCUT2D eigenvalue weighted by molar-refractivity contribution is 0.246. The maximum absolute atomic E-state index is 5.78. The van der Waals surface area contributed by atoms with Crippen LogP contribution in [0.1, 0.15) is 32.8 Å². The van der Waals surface area contributed by atoms with Crippen molar-refractivity contribution in [3.8, 4) is 11.5 Å². The van der Waals surface area contributed by atoms with Crippen LogP contribution in [0, 0.1) is 11.3 Å². The zero-order valence-electron chi connectivity index (χ0n) is 12.1. The fraction of sp³-hybridized carbons (Fsp3) is 0.625. The Kier molecular flexibility index (Phi) is 3.08. The van der Waals surface area contributed by atoms with Crippen LogP contribution in [0.3, 0.4) is 0 Å². The summed E-state index contributed by atoms with van der Waals surface area (Å²) in [7, 11) is 0. The molecule has 0 fully saturated rings. The van der Waals surface area contributed by atoms with Gasteiger partial charge in [-0.15, -0.1) is 0 Å². The van der Waals surface area contributed by atoms with Gasteiger partial charge in [0.2, 0.25) is 0 Å². The van der Waals surface area contributed by atoms with Crippen LogP contribution in [0.2, 0.25) is 0 Å². The van der Waals surface area contributed by atoms with Crippen LogP contribution in [-0.2, 0) is 6.42 Å². The molecule has 0 aromatic heterocycles. The second-order valence-electron chi connectivity index (χ2n) is 6.65. The van der Waals surface area contributed by atoms with Crippen molar-refractivity contribution < 1.29 is 9.47 Å². The summed E-state index contributed by atoms with van der Waals surface area (Å²) >= 11 is 0. The zero-order chi connectivity index (χ0) is 13.5. The van der Waals surface area contributed by atoms with Crippen molar-refractivity contribution in [1.29, 1.82) is 0 Å². The predicted octanol–water partition coefficient (Wildman–Crippen LogP) is 3.48. The fourth-order valence-corrected chi connectivity index (χ4v) is 2.77. The number of nitrogens with one attached hydrogen (secondary N) is 1. The second kappa shape index (κ2) is 4.62. The van der Waals surface area contributed by atoms with Crippen molar-refractivity contribution in [1.82, 2.24) is 0 Å². The first kappa shape index (κ1) is 12.6. The number of fused-ring (bicyclic) bond motifs is 2. The summed E-state index contributed by atoms with van der Waals surface area (Å²) in [5, 5.41) is 3.55. The molecule has 0 spiro atoms. The summed E-state index contributed by atoms with van der Waals surface area (Å²) in [5.41, 5.74) is 2.90. The van der Waals surface area contributed by atoms with Gasteiger partial charge in [0.05, 0.1) is 13.2 Å². The topological polar surface area (TPSA) is 30.5 Å². The normalized spacial score (nSPS) is 22.2. The van der Waals surface area contributed by atoms with Gasteiger partial charge in [-0.3, -0.25) is 0 Å². The molecule has 2 aliphatic heterocycles. The summed E-state index contributed by atoms with van der Waals surface area (Å²) in [6.07, 6.45) is 2.07. The van der Waals surface area contributed by atoms with E-state index in [0.717, 1.165) is 44.1 Å². The highest BCUT2D eigenvalue weighted by atomic mass is 16.5. The molecule has 0 bridgehead atoms. The quantitative estimate of drug-likeness (QED) is 0.775. The Balaban J connectivity index is 1.91. The van der Waals surface area contributed by atoms with Crippen molar-refractivity contribution in [2.45, 2.75) is 33.6 Å². The van der Waals surface area contributed by atoms with Crippen LogP contribution in [0.25, 0.3) is 0 Å². The molecular formula is C16H23NO2. The number of benzene rings is 1. The first-order valence-corrected chi connectivity index (χ1v) is 7.20. The van der Waals surface area contributed by atoms with Gasteiger partial charge in [-0.05, 0) is 29.4 Å². The molecule has 0 saturated heterocycles. The van der Waals surface area contributed by atoms with E-state index in [1.165, 1.54) is 11.3 Å². The molecule has 2 heterocycles. The molecule has 2 aliphatic rings. The smallest absolute Gasteiger partial charge is 0.163 e. The van der Waals surface area contributed by atoms with E-state index in [1.807, 2.05) is 0 Å². The Morgan fingerprint density at radius 1 is 1.11 bits per heavy atom. The fourth-order valence-electron chi connectivity index (χ4n) is 2.77. The molecule has 3 rings (SSSR count). The number of hydrogen-bond acceptors (Lipinski definition) is 3. The molecular weight excluding hydrogens is 238 g/mol. The van der Waals surface area contributed by atoms with E-state index >= 15 is 0 Å². The van der Waals surface area contributed by atoms with Gasteiger partial charge in [0, 0.05) is 24.7 Å². The maximum atomic E-state index is 5.78. The highest BCUT2D eigenvalue weighted by molar-refractivity contribution is 5.62. The van der Waals surface area contributed by atoms with Crippen molar-refractivity contribution in [2.75, 3.05) is 25.1 Å². The van der Waals surface area contributed by atoms with Crippen LogP contribution in [0.4, 0.5) is 5.69 Å². The lowest BCUT2D eigenvalue weighted by Crippen LogP contribution is -2.33. The Morgan fingerprint density at radius 3 is 2.47 bits per heavy atom. The maximum Gasteiger partial charge on any atom is 0.163 e. The molecule has 0 amide bonds. The van der Waals surface area contributed by atoms with Gasteiger partial charge in [-0.25, -0.2) is 0 Å². The van der Waals surface area contributed by atoms with E-state index in [9.17, 15) is 0 Å². The second-order valence-corrected chi connectivity index (χ2v) is 6.65. The van der Waals surface area contributed by atoms with E-state index < -0.39 is 0 Å². The number of anilines is 1. The van der Waals surface area contributed by atoms with Crippen molar-refractivity contribution >= 4 is 5.69 Å². The molecule has 0 saturated carbocycles. The number of ether oxygens (including phenoxy) is 2. The molecule has 3 heteroatoms. The van der Waals surface area contributed by atoms with Crippen LogP contribution in [0.15, 0.2) is 12.1 Å². The molecule has 1 aromatic rings. The number of rotatable bonds is 0. The van der Waals surface area contributed by atoms with E-state index in [4.69, 9.17) is 9.47 Å². The Labute approximate surface area is 115 Å². The van der Waals surface area contributed by atoms with Gasteiger partial charge in [-0.1, -0.05) is 20.8 Å². The molecule has 0 radical (unpaired) electrons. The molecule has 1 aromatic carbocycles. The molecule has 19 heavy (non-hydrogen) atoms. The van der Waals surface area contributed by atoms with E-state index in [1.54, 1.807) is 0 Å². The minimum Gasteiger partial charge on any atom is -0.490 e. The minimum atomic E-state index is 0.328. The van der Waals surface area contributed by atoms with Crippen LogP contribution in [0.5, 0.6) is 11.5 Å². The predicted molar refractivity (Wildman–Crippen MR) is 77.2 cm³/mol. The van der Waals surface area contributed by atoms with Gasteiger partial charge in [0.15, 0.2) is 11.5 Å². The summed E-state index contributed by atoms with van der Waals surface area (Å²) in [6.45, 7) is 9.47. The highest BCUT2D eigenvalue weighted by Crippen LogP contribution is 2.41. The summed E-state index contributed by atoms with van der Waals surface area (Å²) in [6, 6.07) is 4.27. The third-order valence-corrected chi connectivity index (χ3v) is 4.20. The van der Waals surface area contributed by atoms with Crippen molar-refractivity contribution in [3.05, 3.63) is 17.7 Å². The van der Waals surface area contributed by atoms with Gasteiger partial charge in [0.1, 0.15) is 0 Å². The highest BCUT2D eigenvalue weighted by Gasteiger charge is 2.29. The minimum absolute atomic E-state index is 0.328. The summed E-state index contributed by atoms with van der Waals surface area (Å²) < 4.78 is 11.5. The van der Waals surface area contributed by atoms with E-state index in [0.29, 0.717) is 11.3 Å². The van der Waals surface area contributed by atoms with Gasteiger partial charge >= 0.3 is 0 Å². The lowest BCUT2D eigenvalue weighted by Gasteiger charge is -2.36. The largest absolute Gasteiger partial charge is 0.490 e. The van der Waals surface area contributed by atoms with Gasteiger partial charge < -0.3 is 14.8 Å². The number of hydrogen-bond donors (Lipinski definition) is 1. The monoisotopic (exact) mass is 261 g/mol. The Hall–Kier alpha value is -1.38. The average molecular weight is 261 g/mol. The van der Waals surface area contributed by atoms with Crippen LogP contribution in [-0.4, -0.2) is 19.8 Å². The molecule has 1 N–H and O–H groups in total. The van der Waals surface area contributed by atoms with Gasteiger partial charge in [0.25, 0.3) is 0 Å². The standard InChI is InChI=1S/C16H23NO2/c1-16(2,3)12-7-11-8-14-15(9-13(11)17-10-12)19-6-4-5-18-14/h8-9,12,17H,4-7,10H2,1-3H3. The van der Waals surface area contributed by atoms with Crippen LogP contribution >= 0.6 is 0 Å². The van der Waals surface area contributed by atoms with Crippen LogP contribution < -0.4 is 14.8 Å². The average Bonchev–Trinajstić information content (AvgIpc) is 2.58. The zero-order valence-corrected chi connectivity index (χ0v) is 12.1. The SMILES string of the molecule is CC(C)(C)C1CNc2cc3c(cc2C1)OCCCO3. The van der Waals surface area contributed by atoms with Crippen molar-refractivity contribution in [2.24, 2.45) is 11.3 Å². The van der Waals surface area contributed by atoms with E-state index in [2.05, 4.69) is 38.2 Å². The summed E-state index contributed by atoms with van der Waals surface area (Å²) in [4.78, 5) is 0. The third kappa shape index (κ3) is 2.51. The molecule has 1 unspecified atom stereocenters. The Bertz CT molecular complexity index is 476. The molecule has 1 atom stereocenters. The third-order valence-electron chi connectivity index (χ3n) is 4.20. The van der Waals surface area contributed by atoms with E-state index in [-0.39, 0.29) is 0 Å². The van der Waals surface area contributed by atoms with Crippen molar-refractivity contribution in [3.63, 3.8) is 0 Å². The molecule has 0 aliphatic carbocycles. The molecule has 104 valence electrons. The molecule has 3 nitrogen and oxygen atoms in total. The first-order chi connectivity index (χ1) is 9.04. The first-order valence-electron chi connectivity index (χ1n) is 7.20. The van der Waals surface area contributed by atoms with Gasteiger partial charge in [-0.2, -0.15) is 0 Å². The lowest BCUT2D eigenvalue weighted by atomic mass is 9.75. The Morgan fingerprint density at radius 2 is 1.79 bits per heavy atom.